The van der Waals surface area contributed by atoms with Gasteiger partial charge in [0, 0.05) is 19.4 Å². The molecule has 1 aliphatic heterocycles. The van der Waals surface area contributed by atoms with E-state index >= 15 is 0 Å². The first-order chi connectivity index (χ1) is 18.8. The van der Waals surface area contributed by atoms with Gasteiger partial charge in [-0.2, -0.15) is 0 Å². The second-order valence-electron chi connectivity index (χ2n) is 9.19. The fraction of sp³-hybridized carbons (Fsp3) is 0.353. The van der Waals surface area contributed by atoms with E-state index in [2.05, 4.69) is 33.6 Å². The van der Waals surface area contributed by atoms with Crippen LogP contribution in [-0.2, 0) is 12.8 Å². The van der Waals surface area contributed by atoms with Gasteiger partial charge >= 0.3 is 0 Å². The van der Waals surface area contributed by atoms with Gasteiger partial charge in [0.1, 0.15) is 11.9 Å². The molecule has 5 heteroatoms. The number of fused-ring (bicyclic) bond motifs is 1. The average Bonchev–Trinajstić information content (AvgIpc) is 3.45. The normalized spacial score (nSPS) is 11.6. The van der Waals surface area contributed by atoms with Crippen molar-refractivity contribution in [1.82, 2.24) is 4.90 Å². The predicted molar refractivity (Wildman–Crippen MR) is 163 cm³/mol. The number of aliphatic hydroxyl groups is 3. The van der Waals surface area contributed by atoms with Crippen LogP contribution in [0.1, 0.15) is 61.5 Å². The van der Waals surface area contributed by atoms with Crippen LogP contribution >= 0.6 is 0 Å². The molecule has 212 valence electrons. The van der Waals surface area contributed by atoms with Crippen molar-refractivity contribution < 1.29 is 20.1 Å². The highest BCUT2D eigenvalue weighted by Gasteiger charge is 2.29. The molecule has 0 radical (unpaired) electrons. The van der Waals surface area contributed by atoms with Crippen LogP contribution in [0.5, 0.6) is 5.75 Å². The molecule has 0 saturated carbocycles. The summed E-state index contributed by atoms with van der Waals surface area (Å²) in [6.07, 6.45) is 5.55. The van der Waals surface area contributed by atoms with Gasteiger partial charge in [0.05, 0.1) is 6.61 Å². The van der Waals surface area contributed by atoms with Gasteiger partial charge in [-0.3, -0.25) is 4.90 Å². The van der Waals surface area contributed by atoms with Gasteiger partial charge in [-0.05, 0) is 48.2 Å². The molecule has 0 saturated heterocycles. The maximum absolute atomic E-state index is 10.2. The maximum Gasteiger partial charge on any atom is 0.228 e. The number of hydrogen-bond donors (Lipinski definition) is 3. The van der Waals surface area contributed by atoms with Crippen molar-refractivity contribution >= 4 is 0 Å². The van der Waals surface area contributed by atoms with Gasteiger partial charge in [0.2, 0.25) is 5.91 Å². The van der Waals surface area contributed by atoms with Crippen molar-refractivity contribution in [1.29, 1.82) is 0 Å². The molecule has 0 bridgehead atoms. The molecule has 0 unspecified atom stereocenters. The lowest BCUT2D eigenvalue weighted by molar-refractivity contribution is -0.255. The molecule has 0 atom stereocenters. The molecular formula is C34H47NO4. The van der Waals surface area contributed by atoms with Gasteiger partial charge in [-0.15, -0.1) is 19.7 Å². The van der Waals surface area contributed by atoms with Gasteiger partial charge in [0.15, 0.2) is 0 Å². The van der Waals surface area contributed by atoms with Crippen molar-refractivity contribution in [3.63, 3.8) is 0 Å². The Hall–Kier alpha value is -3.22. The predicted octanol–water partition coefficient (Wildman–Crippen LogP) is 6.69. The zero-order chi connectivity index (χ0) is 29.1. The number of nitrogens with zero attached hydrogens (tertiary/aromatic N) is 1. The molecule has 3 aromatic rings. The zero-order valence-corrected chi connectivity index (χ0v) is 23.9. The van der Waals surface area contributed by atoms with Gasteiger partial charge < -0.3 is 20.1 Å². The summed E-state index contributed by atoms with van der Waals surface area (Å²) in [7, 11) is 1.74. The van der Waals surface area contributed by atoms with Gasteiger partial charge in [0.25, 0.3) is 0 Å². The van der Waals surface area contributed by atoms with Crippen molar-refractivity contribution in [2.24, 2.45) is 0 Å². The van der Waals surface area contributed by atoms with Crippen molar-refractivity contribution in [2.75, 3.05) is 20.2 Å². The van der Waals surface area contributed by atoms with Crippen LogP contribution in [0.4, 0.5) is 0 Å². The number of rotatable bonds is 9. The van der Waals surface area contributed by atoms with E-state index in [1.807, 2.05) is 84.9 Å². The average molecular weight is 534 g/mol. The van der Waals surface area contributed by atoms with E-state index in [-0.39, 0.29) is 6.42 Å². The molecule has 1 heterocycles. The Labute approximate surface area is 235 Å². The quantitative estimate of drug-likeness (QED) is 0.211. The zero-order valence-electron chi connectivity index (χ0n) is 23.9. The Morgan fingerprint density at radius 2 is 1.49 bits per heavy atom. The number of ether oxygens (including phenoxy) is 1. The van der Waals surface area contributed by atoms with E-state index < -0.39 is 12.0 Å². The van der Waals surface area contributed by atoms with Crippen molar-refractivity contribution in [3.05, 3.63) is 127 Å². The highest BCUT2D eigenvalue weighted by molar-refractivity contribution is 5.40. The second kappa shape index (κ2) is 18.9. The van der Waals surface area contributed by atoms with Gasteiger partial charge in [-0.25, -0.2) is 0 Å². The van der Waals surface area contributed by atoms with Crippen LogP contribution in [0.25, 0.3) is 0 Å². The number of benzene rings is 3. The van der Waals surface area contributed by atoms with Crippen LogP contribution in [-0.4, -0.2) is 46.3 Å². The van der Waals surface area contributed by atoms with E-state index in [0.29, 0.717) is 6.54 Å². The molecule has 3 N–H and O–H groups in total. The Kier molecular flexibility index (Phi) is 16.4. The second-order valence-corrected chi connectivity index (χ2v) is 9.19. The number of hydrogen-bond acceptors (Lipinski definition) is 5. The first-order valence-corrected chi connectivity index (χ1v) is 13.6. The van der Waals surface area contributed by atoms with E-state index in [4.69, 9.17) is 4.74 Å². The summed E-state index contributed by atoms with van der Waals surface area (Å²) in [6, 6.07) is 25.2. The van der Waals surface area contributed by atoms with Crippen LogP contribution < -0.4 is 4.74 Å². The Morgan fingerprint density at radius 1 is 0.949 bits per heavy atom. The largest absolute Gasteiger partial charge is 0.493 e. The van der Waals surface area contributed by atoms with Crippen LogP contribution in [0, 0.1) is 0 Å². The molecular weight excluding hydrogens is 486 g/mol. The number of likely N-dealkylation sites (N-methyl/N-ethyl adjacent to an activating group) is 1. The number of unbranched alkanes of at least 4 members (excludes halogenated alkanes) is 1. The molecule has 4 rings (SSSR count). The Bertz CT molecular complexity index is 1010. The third-order valence-corrected chi connectivity index (χ3v) is 6.18. The maximum atomic E-state index is 10.2. The Morgan fingerprint density at radius 3 is 1.97 bits per heavy atom. The third kappa shape index (κ3) is 12.0. The number of allylic oxidation sites excluding steroid dienone is 1. The monoisotopic (exact) mass is 533 g/mol. The fourth-order valence-corrected chi connectivity index (χ4v) is 3.77. The fourth-order valence-electron chi connectivity index (χ4n) is 3.77. The number of aliphatic hydroxyl groups excluding tert-OH is 1. The SMILES string of the molecule is C=C.C=CCC.CCCCN(C)C(O)(O)Cc1ccc2c(c1)OCC2.OC(c1ccccc1)c1ccccc1. The van der Waals surface area contributed by atoms with E-state index in [9.17, 15) is 15.3 Å². The highest BCUT2D eigenvalue weighted by Crippen LogP contribution is 2.28. The molecule has 0 aromatic heterocycles. The molecule has 3 aromatic carbocycles. The minimum absolute atomic E-state index is 0.184. The molecule has 0 amide bonds. The van der Waals surface area contributed by atoms with Crippen molar-refractivity contribution in [3.8, 4) is 5.75 Å². The Balaban J connectivity index is 0.000000334. The van der Waals surface area contributed by atoms with Crippen LogP contribution in [0.3, 0.4) is 0 Å². The first kappa shape index (κ1) is 33.8. The van der Waals surface area contributed by atoms with Gasteiger partial charge in [-0.1, -0.05) is 99.1 Å². The minimum Gasteiger partial charge on any atom is -0.493 e. The minimum atomic E-state index is -1.80. The molecule has 5 nitrogen and oxygen atoms in total. The molecule has 0 fully saturated rings. The lowest BCUT2D eigenvalue weighted by Crippen LogP contribution is -2.48. The topological polar surface area (TPSA) is 73.2 Å². The summed E-state index contributed by atoms with van der Waals surface area (Å²) in [5.41, 5.74) is 3.94. The summed E-state index contributed by atoms with van der Waals surface area (Å²) in [4.78, 5) is 1.59. The van der Waals surface area contributed by atoms with Crippen LogP contribution in [0.15, 0.2) is 105 Å². The summed E-state index contributed by atoms with van der Waals surface area (Å²) >= 11 is 0. The molecule has 1 aliphatic rings. The van der Waals surface area contributed by atoms with E-state index in [1.54, 1.807) is 11.9 Å². The summed E-state index contributed by atoms with van der Waals surface area (Å²) in [6.45, 7) is 15.0. The summed E-state index contributed by atoms with van der Waals surface area (Å²) < 4.78 is 5.50. The first-order valence-electron chi connectivity index (χ1n) is 13.6. The van der Waals surface area contributed by atoms with Crippen molar-refractivity contribution in [2.45, 2.75) is 58.0 Å². The van der Waals surface area contributed by atoms with E-state index in [0.717, 1.165) is 54.7 Å². The molecule has 0 aliphatic carbocycles. The molecule has 39 heavy (non-hydrogen) atoms. The smallest absolute Gasteiger partial charge is 0.228 e. The standard InChI is InChI=1S/C15H23NO3.C13H12O.C4H8.C2H4/c1-3-4-8-16(2)15(17,18)11-12-5-6-13-7-9-19-14(13)10-12;14-13(11-7-3-1-4-8-11)12-9-5-2-6-10-12;1-3-4-2;1-2/h5-6,10,17-18H,3-4,7-9,11H2,1-2H3;1-10,13-14H;3H,1,4H2,2H3;1-2H2. The van der Waals surface area contributed by atoms with Crippen LogP contribution in [0.2, 0.25) is 0 Å². The third-order valence-electron chi connectivity index (χ3n) is 6.18. The summed E-state index contributed by atoms with van der Waals surface area (Å²) in [5.74, 6) is -0.924. The summed E-state index contributed by atoms with van der Waals surface area (Å²) in [5, 5.41) is 30.3. The molecule has 0 spiro atoms. The highest BCUT2D eigenvalue weighted by atomic mass is 16.5. The van der Waals surface area contributed by atoms with E-state index in [1.165, 1.54) is 5.56 Å². The lowest BCUT2D eigenvalue weighted by Gasteiger charge is -2.32. The lowest BCUT2D eigenvalue weighted by atomic mass is 10.0.